The zero-order valence-electron chi connectivity index (χ0n) is 11.3. The van der Waals surface area contributed by atoms with Gasteiger partial charge in [0, 0.05) is 19.8 Å². The highest BCUT2D eigenvalue weighted by Crippen LogP contribution is 2.33. The quantitative estimate of drug-likeness (QED) is 0.919. The molecule has 1 atom stereocenters. The molecule has 1 aromatic rings. The van der Waals surface area contributed by atoms with Crippen LogP contribution in [0.4, 0.5) is 18.9 Å². The zero-order valence-corrected chi connectivity index (χ0v) is 11.3. The summed E-state index contributed by atoms with van der Waals surface area (Å²) in [6, 6.07) is 3.36. The molecule has 0 saturated heterocycles. The summed E-state index contributed by atoms with van der Waals surface area (Å²) in [7, 11) is 3.19. The van der Waals surface area contributed by atoms with E-state index in [2.05, 4.69) is 5.32 Å². The minimum Gasteiger partial charge on any atom is -0.374 e. The van der Waals surface area contributed by atoms with E-state index in [1.165, 1.54) is 24.0 Å². The van der Waals surface area contributed by atoms with Crippen LogP contribution in [0.3, 0.4) is 0 Å². The number of carbonyl (C=O) groups excluding carboxylic acids is 1. The van der Waals surface area contributed by atoms with E-state index in [-0.39, 0.29) is 17.2 Å². The molecule has 0 heterocycles. The molecule has 3 nitrogen and oxygen atoms in total. The maximum Gasteiger partial charge on any atom is 0.416 e. The molecule has 19 heavy (non-hydrogen) atoms. The third kappa shape index (κ3) is 3.87. The second-order valence-electron chi connectivity index (χ2n) is 4.63. The van der Waals surface area contributed by atoms with Crippen LogP contribution in [-0.4, -0.2) is 30.9 Å². The molecule has 0 radical (unpaired) electrons. The number of likely N-dealkylation sites (N-methyl/N-ethyl adjacent to an activating group) is 1. The van der Waals surface area contributed by atoms with Crippen LogP contribution in [0, 0.1) is 6.92 Å². The number of nitrogens with zero attached hydrogens (tertiary/aromatic N) is 1. The summed E-state index contributed by atoms with van der Waals surface area (Å²) in [4.78, 5) is 13.0. The molecule has 1 amide bonds. The molecule has 1 rings (SSSR count). The minimum absolute atomic E-state index is 0.157. The average Bonchev–Trinajstić information content (AvgIpc) is 2.28. The van der Waals surface area contributed by atoms with Crippen molar-refractivity contribution >= 4 is 11.6 Å². The van der Waals surface area contributed by atoms with Gasteiger partial charge in [-0.05, 0) is 31.5 Å². The van der Waals surface area contributed by atoms with Crippen LogP contribution in [0.1, 0.15) is 18.1 Å². The van der Waals surface area contributed by atoms with Gasteiger partial charge in [0.05, 0.1) is 5.56 Å². The van der Waals surface area contributed by atoms with Crippen LogP contribution >= 0.6 is 0 Å². The topological polar surface area (TPSA) is 32.3 Å². The highest BCUT2D eigenvalue weighted by atomic mass is 19.4. The van der Waals surface area contributed by atoms with Gasteiger partial charge in [-0.25, -0.2) is 0 Å². The number of halogens is 3. The van der Waals surface area contributed by atoms with Gasteiger partial charge < -0.3 is 10.2 Å². The number of alkyl halides is 3. The lowest BCUT2D eigenvalue weighted by Crippen LogP contribution is -2.36. The van der Waals surface area contributed by atoms with E-state index in [1.807, 2.05) is 0 Å². The molecule has 1 N–H and O–H groups in total. The maximum absolute atomic E-state index is 12.7. The zero-order chi connectivity index (χ0) is 14.8. The number of hydrogen-bond acceptors (Lipinski definition) is 2. The summed E-state index contributed by atoms with van der Waals surface area (Å²) in [5.41, 5.74) is -0.257. The summed E-state index contributed by atoms with van der Waals surface area (Å²) in [6.07, 6.45) is -4.39. The Labute approximate surface area is 110 Å². The third-order valence-corrected chi connectivity index (χ3v) is 2.74. The van der Waals surface area contributed by atoms with Crippen molar-refractivity contribution in [2.75, 3.05) is 19.4 Å². The van der Waals surface area contributed by atoms with Crippen LogP contribution in [0.2, 0.25) is 0 Å². The highest BCUT2D eigenvalue weighted by Gasteiger charge is 2.32. The van der Waals surface area contributed by atoms with E-state index in [0.29, 0.717) is 0 Å². The molecule has 0 aliphatic rings. The second kappa shape index (κ2) is 5.50. The Morgan fingerprint density at radius 2 is 1.89 bits per heavy atom. The van der Waals surface area contributed by atoms with Crippen LogP contribution in [0.25, 0.3) is 0 Å². The lowest BCUT2D eigenvalue weighted by Gasteiger charge is -2.20. The average molecular weight is 274 g/mol. The fourth-order valence-electron chi connectivity index (χ4n) is 1.72. The Bertz CT molecular complexity index is 469. The molecule has 1 aromatic carbocycles. The molecular weight excluding hydrogens is 257 g/mol. The van der Waals surface area contributed by atoms with Gasteiger partial charge in [-0.1, -0.05) is 6.07 Å². The Balaban J connectivity index is 2.95. The van der Waals surface area contributed by atoms with Crippen molar-refractivity contribution in [1.82, 2.24) is 4.90 Å². The van der Waals surface area contributed by atoms with Crippen molar-refractivity contribution in [3.63, 3.8) is 0 Å². The summed E-state index contributed by atoms with van der Waals surface area (Å²) in [5, 5.41) is 2.77. The van der Waals surface area contributed by atoms with E-state index in [4.69, 9.17) is 0 Å². The van der Waals surface area contributed by atoms with E-state index >= 15 is 0 Å². The van der Waals surface area contributed by atoms with Crippen molar-refractivity contribution in [1.29, 1.82) is 0 Å². The fourth-order valence-corrected chi connectivity index (χ4v) is 1.72. The number of rotatable bonds is 3. The molecule has 0 aliphatic heterocycles. The number of anilines is 1. The van der Waals surface area contributed by atoms with Gasteiger partial charge in [0.25, 0.3) is 0 Å². The number of aryl methyl sites for hydroxylation is 1. The summed E-state index contributed by atoms with van der Waals surface area (Å²) < 4.78 is 38.2. The highest BCUT2D eigenvalue weighted by molar-refractivity contribution is 5.83. The van der Waals surface area contributed by atoms with Crippen molar-refractivity contribution < 1.29 is 18.0 Å². The van der Waals surface area contributed by atoms with E-state index in [9.17, 15) is 18.0 Å². The molecule has 0 spiro atoms. The van der Waals surface area contributed by atoms with Gasteiger partial charge in [0.1, 0.15) is 6.04 Å². The summed E-state index contributed by atoms with van der Waals surface area (Å²) in [6.45, 7) is 3.01. The van der Waals surface area contributed by atoms with Gasteiger partial charge in [0.2, 0.25) is 5.91 Å². The minimum atomic E-state index is -4.39. The number of amides is 1. The Morgan fingerprint density at radius 1 is 1.32 bits per heavy atom. The first-order valence-electron chi connectivity index (χ1n) is 5.78. The molecular formula is C13H17F3N2O. The van der Waals surface area contributed by atoms with Crippen molar-refractivity contribution in [3.05, 3.63) is 29.3 Å². The van der Waals surface area contributed by atoms with Crippen LogP contribution < -0.4 is 5.32 Å². The summed E-state index contributed by atoms with van der Waals surface area (Å²) in [5.74, 6) is -0.200. The maximum atomic E-state index is 12.7. The lowest BCUT2D eigenvalue weighted by atomic mass is 10.1. The summed E-state index contributed by atoms with van der Waals surface area (Å²) >= 11 is 0. The standard InChI is InChI=1S/C13H17F3N2O/c1-8-5-6-10(7-11(8)13(14,15)16)17-9(2)12(19)18(3)4/h5-7,9,17H,1-4H3. The normalized spacial score (nSPS) is 13.0. The third-order valence-electron chi connectivity index (χ3n) is 2.74. The van der Waals surface area contributed by atoms with Gasteiger partial charge in [-0.3, -0.25) is 4.79 Å². The van der Waals surface area contributed by atoms with Gasteiger partial charge in [-0.15, -0.1) is 0 Å². The molecule has 106 valence electrons. The van der Waals surface area contributed by atoms with Crippen LogP contribution in [0.15, 0.2) is 18.2 Å². The lowest BCUT2D eigenvalue weighted by molar-refractivity contribution is -0.138. The smallest absolute Gasteiger partial charge is 0.374 e. The molecule has 0 aromatic heterocycles. The second-order valence-corrected chi connectivity index (χ2v) is 4.63. The first-order chi connectivity index (χ1) is 8.62. The first-order valence-corrected chi connectivity index (χ1v) is 5.78. The molecule has 0 saturated carbocycles. The molecule has 0 fully saturated rings. The van der Waals surface area contributed by atoms with Crippen molar-refractivity contribution in [2.24, 2.45) is 0 Å². The van der Waals surface area contributed by atoms with Gasteiger partial charge in [-0.2, -0.15) is 13.2 Å². The van der Waals surface area contributed by atoms with Crippen LogP contribution in [0.5, 0.6) is 0 Å². The monoisotopic (exact) mass is 274 g/mol. The number of carbonyl (C=O) groups is 1. The van der Waals surface area contributed by atoms with E-state index < -0.39 is 17.8 Å². The molecule has 0 bridgehead atoms. The fraction of sp³-hybridized carbons (Fsp3) is 0.462. The first kappa shape index (κ1) is 15.3. The van der Waals surface area contributed by atoms with Gasteiger partial charge >= 0.3 is 6.18 Å². The molecule has 1 unspecified atom stereocenters. The Morgan fingerprint density at radius 3 is 2.37 bits per heavy atom. The van der Waals surface area contributed by atoms with Crippen molar-refractivity contribution in [2.45, 2.75) is 26.1 Å². The number of nitrogens with one attached hydrogen (secondary N) is 1. The Kier molecular flexibility index (Phi) is 4.44. The van der Waals surface area contributed by atoms with E-state index in [0.717, 1.165) is 6.07 Å². The Hall–Kier alpha value is -1.72. The van der Waals surface area contributed by atoms with Crippen molar-refractivity contribution in [3.8, 4) is 0 Å². The number of hydrogen-bond donors (Lipinski definition) is 1. The predicted octanol–water partition coefficient (Wildman–Crippen LogP) is 2.90. The van der Waals surface area contributed by atoms with Crippen LogP contribution in [-0.2, 0) is 11.0 Å². The van der Waals surface area contributed by atoms with E-state index in [1.54, 1.807) is 21.0 Å². The largest absolute Gasteiger partial charge is 0.416 e. The molecule has 6 heteroatoms. The predicted molar refractivity (Wildman–Crippen MR) is 68.0 cm³/mol. The molecule has 0 aliphatic carbocycles. The van der Waals surface area contributed by atoms with Gasteiger partial charge in [0.15, 0.2) is 0 Å². The number of benzene rings is 1. The SMILES string of the molecule is Cc1ccc(NC(C)C(=O)N(C)C)cc1C(F)(F)F.